The summed E-state index contributed by atoms with van der Waals surface area (Å²) in [6, 6.07) is 3.55. The predicted molar refractivity (Wildman–Crippen MR) is 117 cm³/mol. The van der Waals surface area contributed by atoms with Crippen molar-refractivity contribution in [2.75, 3.05) is 30.4 Å². The highest BCUT2D eigenvalue weighted by Crippen LogP contribution is 2.37. The van der Waals surface area contributed by atoms with E-state index in [2.05, 4.69) is 10.6 Å². The zero-order valence-corrected chi connectivity index (χ0v) is 17.8. The minimum Gasteiger partial charge on any atom is -0.452 e. The van der Waals surface area contributed by atoms with Gasteiger partial charge in [-0.15, -0.1) is 11.3 Å². The van der Waals surface area contributed by atoms with E-state index in [4.69, 9.17) is 15.6 Å². The maximum absolute atomic E-state index is 12.5. The second-order valence-corrected chi connectivity index (χ2v) is 8.15. The predicted octanol–water partition coefficient (Wildman–Crippen LogP) is 1.83. The molecule has 0 bridgehead atoms. The fourth-order valence-corrected chi connectivity index (χ4v) is 4.76. The highest BCUT2D eigenvalue weighted by molar-refractivity contribution is 7.17. The third-order valence-electron chi connectivity index (χ3n) is 4.87. The second kappa shape index (κ2) is 10.2. The zero-order valence-electron chi connectivity index (χ0n) is 17.0. The van der Waals surface area contributed by atoms with Crippen molar-refractivity contribution in [2.24, 2.45) is 5.73 Å². The number of benzene rings is 1. The third-order valence-corrected chi connectivity index (χ3v) is 6.07. The molecule has 0 radical (unpaired) electrons. The van der Waals surface area contributed by atoms with Crippen LogP contribution >= 0.6 is 11.3 Å². The Labute approximate surface area is 186 Å². The Balaban J connectivity index is 1.71. The molecule has 0 saturated heterocycles. The first-order chi connectivity index (χ1) is 15.3. The summed E-state index contributed by atoms with van der Waals surface area (Å²) in [5.41, 5.74) is 6.40. The molecule has 0 unspecified atom stereocenters. The van der Waals surface area contributed by atoms with E-state index in [0.717, 1.165) is 35.8 Å². The van der Waals surface area contributed by atoms with Crippen molar-refractivity contribution in [3.8, 4) is 0 Å². The molecule has 12 heteroatoms. The summed E-state index contributed by atoms with van der Waals surface area (Å²) in [6.07, 6.45) is 3.45. The molecule has 11 nitrogen and oxygen atoms in total. The van der Waals surface area contributed by atoms with Crippen LogP contribution in [0.3, 0.4) is 0 Å². The normalized spacial score (nSPS) is 12.5. The molecule has 5 N–H and O–H groups in total. The summed E-state index contributed by atoms with van der Waals surface area (Å²) in [5.74, 6) is -2.26. The van der Waals surface area contributed by atoms with E-state index in [1.54, 1.807) is 0 Å². The van der Waals surface area contributed by atoms with Crippen LogP contribution in [0.1, 0.15) is 44.0 Å². The van der Waals surface area contributed by atoms with E-state index < -0.39 is 29.3 Å². The van der Waals surface area contributed by atoms with E-state index in [1.165, 1.54) is 23.5 Å². The SMILES string of the molecule is NC(=O)c1c(NC(=O)COC(=O)c2cc([N+](=O)[O-])ccc2NCCO)sc2c1CCCC2. The molecule has 1 aromatic heterocycles. The Morgan fingerprint density at radius 1 is 1.25 bits per heavy atom. The van der Waals surface area contributed by atoms with Crippen molar-refractivity contribution >= 4 is 45.5 Å². The number of aliphatic hydroxyl groups is 1. The van der Waals surface area contributed by atoms with Crippen LogP contribution in [0.5, 0.6) is 0 Å². The van der Waals surface area contributed by atoms with Crippen molar-refractivity contribution in [3.63, 3.8) is 0 Å². The number of aryl methyl sites for hydroxylation is 1. The standard InChI is InChI=1S/C20H22N4O7S/c21-18(27)17-12-3-1-2-4-15(12)32-19(17)23-16(26)10-31-20(28)13-9-11(24(29)30)5-6-14(13)22-7-8-25/h5-6,9,22,25H,1-4,7-8,10H2,(H2,21,27)(H,23,26). The van der Waals surface area contributed by atoms with Crippen molar-refractivity contribution in [3.05, 3.63) is 49.9 Å². The average Bonchev–Trinajstić information content (AvgIpc) is 3.13. The molecule has 32 heavy (non-hydrogen) atoms. The minimum atomic E-state index is -0.954. The molecule has 1 aromatic carbocycles. The van der Waals surface area contributed by atoms with Crippen molar-refractivity contribution in [1.82, 2.24) is 0 Å². The van der Waals surface area contributed by atoms with Gasteiger partial charge in [0.1, 0.15) is 5.00 Å². The molecule has 2 aromatic rings. The molecule has 1 heterocycles. The lowest BCUT2D eigenvalue weighted by atomic mass is 9.95. The zero-order chi connectivity index (χ0) is 23.3. The first kappa shape index (κ1) is 23.2. The maximum atomic E-state index is 12.5. The Morgan fingerprint density at radius 2 is 2.00 bits per heavy atom. The quantitative estimate of drug-likeness (QED) is 0.248. The molecular formula is C20H22N4O7S. The second-order valence-electron chi connectivity index (χ2n) is 7.04. The maximum Gasteiger partial charge on any atom is 0.341 e. The number of hydrogen-bond donors (Lipinski definition) is 4. The minimum absolute atomic E-state index is 0.109. The number of ether oxygens (including phenoxy) is 1. The number of nitro benzene ring substituents is 1. The molecule has 3 rings (SSSR count). The number of aliphatic hydroxyl groups excluding tert-OH is 1. The van der Waals surface area contributed by atoms with Gasteiger partial charge in [0.25, 0.3) is 17.5 Å². The van der Waals surface area contributed by atoms with Gasteiger partial charge in [-0.2, -0.15) is 0 Å². The van der Waals surface area contributed by atoms with Gasteiger partial charge in [0, 0.05) is 29.2 Å². The van der Waals surface area contributed by atoms with Crippen LogP contribution in [0, 0.1) is 10.1 Å². The monoisotopic (exact) mass is 462 g/mol. The van der Waals surface area contributed by atoms with E-state index in [-0.39, 0.29) is 30.1 Å². The topological polar surface area (TPSA) is 174 Å². The fourth-order valence-electron chi connectivity index (χ4n) is 3.45. The number of thiophene rings is 1. The van der Waals surface area contributed by atoms with Gasteiger partial charge in [-0.25, -0.2) is 4.79 Å². The van der Waals surface area contributed by atoms with Gasteiger partial charge < -0.3 is 26.2 Å². The Bertz CT molecular complexity index is 1070. The number of nitrogens with two attached hydrogens (primary N) is 1. The summed E-state index contributed by atoms with van der Waals surface area (Å²) in [7, 11) is 0. The molecule has 0 atom stereocenters. The van der Waals surface area contributed by atoms with E-state index >= 15 is 0 Å². The Kier molecular flexibility index (Phi) is 7.38. The Morgan fingerprint density at radius 3 is 2.69 bits per heavy atom. The molecule has 0 fully saturated rings. The number of fused-ring (bicyclic) bond motifs is 1. The van der Waals surface area contributed by atoms with Crippen molar-refractivity contribution in [1.29, 1.82) is 0 Å². The highest BCUT2D eigenvalue weighted by atomic mass is 32.1. The molecule has 0 aliphatic heterocycles. The molecule has 1 aliphatic carbocycles. The molecule has 2 amide bonds. The Hall–Kier alpha value is -3.51. The molecule has 1 aliphatic rings. The van der Waals surface area contributed by atoms with E-state index in [0.29, 0.717) is 17.0 Å². The number of nitrogens with zero attached hydrogens (tertiary/aromatic N) is 1. The van der Waals surface area contributed by atoms with E-state index in [1.807, 2.05) is 0 Å². The van der Waals surface area contributed by atoms with E-state index in [9.17, 15) is 24.5 Å². The average molecular weight is 462 g/mol. The lowest BCUT2D eigenvalue weighted by Crippen LogP contribution is -2.23. The van der Waals surface area contributed by atoms with Crippen molar-refractivity contribution < 1.29 is 29.2 Å². The summed E-state index contributed by atoms with van der Waals surface area (Å²) in [4.78, 5) is 48.2. The van der Waals surface area contributed by atoms with Crippen molar-refractivity contribution in [2.45, 2.75) is 25.7 Å². The number of amides is 2. The van der Waals surface area contributed by atoms with Crippen LogP contribution in [0.4, 0.5) is 16.4 Å². The lowest BCUT2D eigenvalue weighted by molar-refractivity contribution is -0.384. The summed E-state index contributed by atoms with van der Waals surface area (Å²) < 4.78 is 5.03. The first-order valence-electron chi connectivity index (χ1n) is 9.86. The number of primary amides is 1. The third kappa shape index (κ3) is 5.21. The number of carbonyl (C=O) groups is 3. The van der Waals surface area contributed by atoms with Crippen LogP contribution in [-0.2, 0) is 22.4 Å². The number of anilines is 2. The van der Waals surface area contributed by atoms with Gasteiger partial charge in [-0.05, 0) is 37.3 Å². The van der Waals surface area contributed by atoms with Crippen LogP contribution in [0.2, 0.25) is 0 Å². The number of nitrogens with one attached hydrogen (secondary N) is 2. The lowest BCUT2D eigenvalue weighted by Gasteiger charge is -2.12. The smallest absolute Gasteiger partial charge is 0.341 e. The van der Waals surface area contributed by atoms with Crippen LogP contribution in [-0.4, -0.2) is 47.6 Å². The largest absolute Gasteiger partial charge is 0.452 e. The van der Waals surface area contributed by atoms with Gasteiger partial charge in [0.05, 0.1) is 22.7 Å². The first-order valence-corrected chi connectivity index (χ1v) is 10.7. The molecular weight excluding hydrogens is 440 g/mol. The van der Waals surface area contributed by atoms with Gasteiger partial charge in [-0.1, -0.05) is 0 Å². The van der Waals surface area contributed by atoms with Gasteiger partial charge >= 0.3 is 5.97 Å². The fraction of sp³-hybridized carbons (Fsp3) is 0.350. The summed E-state index contributed by atoms with van der Waals surface area (Å²) in [6.45, 7) is -0.778. The summed E-state index contributed by atoms with van der Waals surface area (Å²) >= 11 is 1.28. The number of nitro groups is 1. The number of hydrogen-bond acceptors (Lipinski definition) is 9. The van der Waals surface area contributed by atoms with Crippen LogP contribution in [0.15, 0.2) is 18.2 Å². The number of rotatable bonds is 9. The molecule has 0 spiro atoms. The van der Waals surface area contributed by atoms with Gasteiger partial charge in [0.2, 0.25) is 0 Å². The number of carbonyl (C=O) groups excluding carboxylic acids is 3. The summed E-state index contributed by atoms with van der Waals surface area (Å²) in [5, 5.41) is 25.7. The number of esters is 1. The van der Waals surface area contributed by atoms with Gasteiger partial charge in [-0.3, -0.25) is 19.7 Å². The molecule has 0 saturated carbocycles. The molecule has 170 valence electrons. The number of non-ortho nitro benzene ring substituents is 1. The van der Waals surface area contributed by atoms with Crippen LogP contribution in [0.25, 0.3) is 0 Å². The highest BCUT2D eigenvalue weighted by Gasteiger charge is 2.25. The van der Waals surface area contributed by atoms with Gasteiger partial charge in [0.15, 0.2) is 6.61 Å². The van der Waals surface area contributed by atoms with Crippen LogP contribution < -0.4 is 16.4 Å².